The van der Waals surface area contributed by atoms with Gasteiger partial charge in [0.05, 0.1) is 0 Å². The van der Waals surface area contributed by atoms with Gasteiger partial charge in [-0.25, -0.2) is 4.98 Å². The van der Waals surface area contributed by atoms with Gasteiger partial charge in [-0.2, -0.15) is 5.10 Å². The molecule has 5 heteroatoms. The zero-order chi connectivity index (χ0) is 11.5. The van der Waals surface area contributed by atoms with E-state index in [4.69, 9.17) is 0 Å². The average molecular weight is 216 g/mol. The Bertz CT molecular complexity index is 505. The van der Waals surface area contributed by atoms with Gasteiger partial charge in [0, 0.05) is 11.9 Å². The van der Waals surface area contributed by atoms with Crippen LogP contribution in [0.15, 0.2) is 24.4 Å². The molecule has 0 saturated carbocycles. The Hall–Kier alpha value is -2.17. The summed E-state index contributed by atoms with van der Waals surface area (Å²) in [6.07, 6.45) is 1.53. The number of amides is 1. The van der Waals surface area contributed by atoms with E-state index in [-0.39, 0.29) is 5.91 Å². The zero-order valence-electron chi connectivity index (χ0n) is 9.11. The largest absolute Gasteiger partial charge is 0.305 e. The Balaban J connectivity index is 2.15. The van der Waals surface area contributed by atoms with Crippen molar-refractivity contribution in [1.82, 2.24) is 15.2 Å². The van der Waals surface area contributed by atoms with Crippen LogP contribution in [0.2, 0.25) is 0 Å². The lowest BCUT2D eigenvalue weighted by molar-refractivity contribution is 0.102. The summed E-state index contributed by atoms with van der Waals surface area (Å²) in [6, 6.07) is 5.30. The topological polar surface area (TPSA) is 70.7 Å². The lowest BCUT2D eigenvalue weighted by atomic mass is 10.2. The standard InChI is InChI=1S/C11H12N4O/c1-7-3-4-10(13-8(7)2)14-11(16)9-5-6-12-15-9/h3-6H,1-2H3,(H,12,15)(H,13,14,16). The number of nitrogens with one attached hydrogen (secondary N) is 2. The molecule has 0 aliphatic rings. The van der Waals surface area contributed by atoms with Gasteiger partial charge in [0.25, 0.3) is 5.91 Å². The number of hydrogen-bond acceptors (Lipinski definition) is 3. The third-order valence-corrected chi connectivity index (χ3v) is 2.34. The van der Waals surface area contributed by atoms with Crippen LogP contribution >= 0.6 is 0 Å². The van der Waals surface area contributed by atoms with Crippen LogP contribution in [0.4, 0.5) is 5.82 Å². The first-order valence-electron chi connectivity index (χ1n) is 4.92. The molecule has 5 nitrogen and oxygen atoms in total. The number of aromatic nitrogens is 3. The van der Waals surface area contributed by atoms with E-state index in [0.29, 0.717) is 11.5 Å². The Kier molecular flexibility index (Phi) is 2.68. The monoisotopic (exact) mass is 216 g/mol. The van der Waals surface area contributed by atoms with Crippen LogP contribution in [-0.4, -0.2) is 21.1 Å². The highest BCUT2D eigenvalue weighted by atomic mass is 16.2. The van der Waals surface area contributed by atoms with Crippen molar-refractivity contribution in [3.05, 3.63) is 41.3 Å². The first kappa shape index (κ1) is 10.4. The van der Waals surface area contributed by atoms with E-state index in [1.165, 1.54) is 6.20 Å². The number of carbonyl (C=O) groups is 1. The third kappa shape index (κ3) is 2.08. The Morgan fingerprint density at radius 3 is 2.75 bits per heavy atom. The van der Waals surface area contributed by atoms with Gasteiger partial charge in [0.2, 0.25) is 0 Å². The number of hydrogen-bond donors (Lipinski definition) is 2. The minimum absolute atomic E-state index is 0.242. The molecule has 0 unspecified atom stereocenters. The van der Waals surface area contributed by atoms with Gasteiger partial charge >= 0.3 is 0 Å². The van der Waals surface area contributed by atoms with E-state index in [2.05, 4.69) is 20.5 Å². The summed E-state index contributed by atoms with van der Waals surface area (Å²) in [6.45, 7) is 3.88. The van der Waals surface area contributed by atoms with E-state index in [0.717, 1.165) is 11.3 Å². The minimum Gasteiger partial charge on any atom is -0.305 e. The number of H-pyrrole nitrogens is 1. The van der Waals surface area contributed by atoms with Crippen LogP contribution in [0.3, 0.4) is 0 Å². The van der Waals surface area contributed by atoms with Crippen LogP contribution in [0.5, 0.6) is 0 Å². The fraction of sp³-hybridized carbons (Fsp3) is 0.182. The second-order valence-corrected chi connectivity index (χ2v) is 3.52. The molecule has 0 spiro atoms. The molecule has 2 aromatic rings. The summed E-state index contributed by atoms with van der Waals surface area (Å²) < 4.78 is 0. The molecular formula is C11H12N4O. The Morgan fingerprint density at radius 1 is 1.31 bits per heavy atom. The lowest BCUT2D eigenvalue weighted by Crippen LogP contribution is -2.13. The predicted octanol–water partition coefficient (Wildman–Crippen LogP) is 1.67. The van der Waals surface area contributed by atoms with Crippen molar-refractivity contribution in [2.75, 3.05) is 5.32 Å². The van der Waals surface area contributed by atoms with Gasteiger partial charge in [0.15, 0.2) is 0 Å². The highest BCUT2D eigenvalue weighted by molar-refractivity contribution is 6.02. The van der Waals surface area contributed by atoms with Crippen LogP contribution in [0.1, 0.15) is 21.7 Å². The number of aromatic amines is 1. The molecule has 0 bridgehead atoms. The van der Waals surface area contributed by atoms with Gasteiger partial charge in [-0.3, -0.25) is 9.89 Å². The molecule has 82 valence electrons. The fourth-order valence-electron chi connectivity index (χ4n) is 1.27. The lowest BCUT2D eigenvalue weighted by Gasteiger charge is -2.05. The Labute approximate surface area is 92.9 Å². The average Bonchev–Trinajstić information content (AvgIpc) is 2.77. The van der Waals surface area contributed by atoms with Crippen LogP contribution in [0.25, 0.3) is 0 Å². The molecule has 0 saturated heterocycles. The molecule has 0 fully saturated rings. The number of pyridine rings is 1. The van der Waals surface area contributed by atoms with E-state index >= 15 is 0 Å². The number of anilines is 1. The molecule has 0 radical (unpaired) electrons. The maximum Gasteiger partial charge on any atom is 0.274 e. The molecule has 2 aromatic heterocycles. The summed E-state index contributed by atoms with van der Waals surface area (Å²) in [4.78, 5) is 15.9. The summed E-state index contributed by atoms with van der Waals surface area (Å²) in [5.41, 5.74) is 2.42. The fourth-order valence-corrected chi connectivity index (χ4v) is 1.27. The predicted molar refractivity (Wildman–Crippen MR) is 60.3 cm³/mol. The summed E-state index contributed by atoms with van der Waals surface area (Å²) in [5, 5.41) is 8.99. The number of aryl methyl sites for hydroxylation is 2. The summed E-state index contributed by atoms with van der Waals surface area (Å²) in [5.74, 6) is 0.302. The Morgan fingerprint density at radius 2 is 2.12 bits per heavy atom. The highest BCUT2D eigenvalue weighted by Gasteiger charge is 2.07. The molecule has 2 heterocycles. The smallest absolute Gasteiger partial charge is 0.274 e. The first-order valence-corrected chi connectivity index (χ1v) is 4.92. The second kappa shape index (κ2) is 4.14. The molecule has 16 heavy (non-hydrogen) atoms. The zero-order valence-corrected chi connectivity index (χ0v) is 9.11. The van der Waals surface area contributed by atoms with Crippen LogP contribution < -0.4 is 5.32 Å². The minimum atomic E-state index is -0.242. The van der Waals surface area contributed by atoms with Crippen molar-refractivity contribution >= 4 is 11.7 Å². The number of nitrogens with zero attached hydrogens (tertiary/aromatic N) is 2. The SMILES string of the molecule is Cc1ccc(NC(=O)c2ccn[nH]2)nc1C. The maximum absolute atomic E-state index is 11.6. The molecule has 0 aliphatic carbocycles. The maximum atomic E-state index is 11.6. The third-order valence-electron chi connectivity index (χ3n) is 2.34. The molecule has 2 rings (SSSR count). The van der Waals surface area contributed by atoms with E-state index in [9.17, 15) is 4.79 Å². The number of rotatable bonds is 2. The van der Waals surface area contributed by atoms with Crippen molar-refractivity contribution in [2.24, 2.45) is 0 Å². The molecule has 1 amide bonds. The molecule has 0 aliphatic heterocycles. The normalized spacial score (nSPS) is 10.1. The van der Waals surface area contributed by atoms with Crippen molar-refractivity contribution < 1.29 is 4.79 Å². The number of carbonyl (C=O) groups excluding carboxylic acids is 1. The van der Waals surface area contributed by atoms with Gasteiger partial charge in [-0.15, -0.1) is 0 Å². The van der Waals surface area contributed by atoms with Crippen LogP contribution in [0, 0.1) is 13.8 Å². The van der Waals surface area contributed by atoms with Crippen molar-refractivity contribution in [3.63, 3.8) is 0 Å². The van der Waals surface area contributed by atoms with Crippen molar-refractivity contribution in [1.29, 1.82) is 0 Å². The first-order chi connectivity index (χ1) is 7.66. The molecular weight excluding hydrogens is 204 g/mol. The molecule has 0 aromatic carbocycles. The van der Waals surface area contributed by atoms with Crippen molar-refractivity contribution in [3.8, 4) is 0 Å². The van der Waals surface area contributed by atoms with E-state index < -0.39 is 0 Å². The quantitative estimate of drug-likeness (QED) is 0.802. The second-order valence-electron chi connectivity index (χ2n) is 3.52. The highest BCUT2D eigenvalue weighted by Crippen LogP contribution is 2.09. The summed E-state index contributed by atoms with van der Waals surface area (Å²) in [7, 11) is 0. The van der Waals surface area contributed by atoms with Gasteiger partial charge in [0.1, 0.15) is 11.5 Å². The molecule has 0 atom stereocenters. The molecule has 2 N–H and O–H groups in total. The van der Waals surface area contributed by atoms with Gasteiger partial charge in [-0.1, -0.05) is 6.07 Å². The van der Waals surface area contributed by atoms with E-state index in [1.807, 2.05) is 19.9 Å². The summed E-state index contributed by atoms with van der Waals surface area (Å²) >= 11 is 0. The van der Waals surface area contributed by atoms with E-state index in [1.54, 1.807) is 12.1 Å². The van der Waals surface area contributed by atoms with Crippen LogP contribution in [-0.2, 0) is 0 Å². The van der Waals surface area contributed by atoms with Gasteiger partial charge in [-0.05, 0) is 31.5 Å². The van der Waals surface area contributed by atoms with Gasteiger partial charge < -0.3 is 5.32 Å². The van der Waals surface area contributed by atoms with Crippen molar-refractivity contribution in [2.45, 2.75) is 13.8 Å².